The molecule has 21 heavy (non-hydrogen) atoms. The molecule has 0 fully saturated rings. The Morgan fingerprint density at radius 2 is 1.95 bits per heavy atom. The molecule has 2 atom stereocenters. The number of nitrogens with one attached hydrogen (secondary N) is 1. The van der Waals surface area contributed by atoms with Gasteiger partial charge in [-0.1, -0.05) is 37.3 Å². The number of aryl methyl sites for hydroxylation is 1. The number of benzene rings is 1. The van der Waals surface area contributed by atoms with Gasteiger partial charge in [0.25, 0.3) is 0 Å². The highest BCUT2D eigenvalue weighted by Gasteiger charge is 2.22. The normalized spacial score (nSPS) is 13.3. The van der Waals surface area contributed by atoms with Gasteiger partial charge in [0.05, 0.1) is 13.2 Å². The van der Waals surface area contributed by atoms with Crippen LogP contribution >= 0.6 is 0 Å². The van der Waals surface area contributed by atoms with Gasteiger partial charge in [-0.25, -0.2) is 4.79 Å². The molecular formula is C16H24N2O3. The first kappa shape index (κ1) is 17.2. The Balaban J connectivity index is 2.35. The number of hydrogen-bond acceptors (Lipinski definition) is 4. The predicted octanol–water partition coefficient (Wildman–Crippen LogP) is 1.40. The van der Waals surface area contributed by atoms with Crippen LogP contribution in [0.2, 0.25) is 0 Å². The summed E-state index contributed by atoms with van der Waals surface area (Å²) in [6.07, 6.45) is 2.77. The van der Waals surface area contributed by atoms with Crippen molar-refractivity contribution in [2.45, 2.75) is 44.7 Å². The number of nitrogens with two attached hydrogens (primary N) is 1. The van der Waals surface area contributed by atoms with Gasteiger partial charge in [-0.2, -0.15) is 0 Å². The van der Waals surface area contributed by atoms with Crippen molar-refractivity contribution in [1.82, 2.24) is 5.32 Å². The van der Waals surface area contributed by atoms with Gasteiger partial charge < -0.3 is 15.8 Å². The molecule has 0 radical (unpaired) electrons. The highest BCUT2D eigenvalue weighted by atomic mass is 16.5. The quantitative estimate of drug-likeness (QED) is 0.710. The average molecular weight is 292 g/mol. The molecule has 0 saturated heterocycles. The third-order valence-corrected chi connectivity index (χ3v) is 3.37. The van der Waals surface area contributed by atoms with E-state index in [1.165, 1.54) is 12.7 Å². The Hall–Kier alpha value is -1.88. The number of rotatable bonds is 8. The zero-order valence-corrected chi connectivity index (χ0v) is 12.7. The summed E-state index contributed by atoms with van der Waals surface area (Å²) in [6.45, 7) is 1.81. The molecule has 1 amide bonds. The van der Waals surface area contributed by atoms with Crippen LogP contribution in [0.1, 0.15) is 31.7 Å². The Bertz CT molecular complexity index is 448. The number of esters is 1. The molecule has 0 unspecified atom stereocenters. The second-order valence-electron chi connectivity index (χ2n) is 4.98. The molecular weight excluding hydrogens is 268 g/mol. The van der Waals surface area contributed by atoms with Crippen LogP contribution in [-0.2, 0) is 20.7 Å². The van der Waals surface area contributed by atoms with Crippen molar-refractivity contribution in [3.8, 4) is 0 Å². The third kappa shape index (κ3) is 5.95. The van der Waals surface area contributed by atoms with Crippen molar-refractivity contribution in [2.24, 2.45) is 5.73 Å². The smallest absolute Gasteiger partial charge is 0.328 e. The monoisotopic (exact) mass is 292 g/mol. The lowest BCUT2D eigenvalue weighted by Crippen LogP contribution is -2.48. The molecule has 5 heteroatoms. The van der Waals surface area contributed by atoms with Crippen molar-refractivity contribution < 1.29 is 14.3 Å². The fourth-order valence-corrected chi connectivity index (χ4v) is 2.05. The van der Waals surface area contributed by atoms with Crippen LogP contribution in [0.15, 0.2) is 30.3 Å². The van der Waals surface area contributed by atoms with Gasteiger partial charge in [0.15, 0.2) is 0 Å². The van der Waals surface area contributed by atoms with E-state index < -0.39 is 18.1 Å². The predicted molar refractivity (Wildman–Crippen MR) is 81.6 cm³/mol. The van der Waals surface area contributed by atoms with Crippen molar-refractivity contribution in [3.05, 3.63) is 35.9 Å². The molecule has 1 rings (SSSR count). The van der Waals surface area contributed by atoms with Crippen LogP contribution in [-0.4, -0.2) is 31.1 Å². The molecule has 1 aromatic carbocycles. The van der Waals surface area contributed by atoms with Crippen LogP contribution in [0.4, 0.5) is 0 Å². The van der Waals surface area contributed by atoms with E-state index in [0.717, 1.165) is 12.8 Å². The van der Waals surface area contributed by atoms with E-state index in [1.54, 1.807) is 0 Å². The minimum Gasteiger partial charge on any atom is -0.467 e. The van der Waals surface area contributed by atoms with Crippen molar-refractivity contribution >= 4 is 11.9 Å². The Labute approximate surface area is 125 Å². The Morgan fingerprint density at radius 3 is 2.52 bits per heavy atom. The summed E-state index contributed by atoms with van der Waals surface area (Å²) in [4.78, 5) is 23.4. The van der Waals surface area contributed by atoms with Gasteiger partial charge in [0.2, 0.25) is 5.91 Å². The molecule has 1 aromatic rings. The second-order valence-corrected chi connectivity index (χ2v) is 4.98. The minimum absolute atomic E-state index is 0.305. The van der Waals surface area contributed by atoms with Crippen LogP contribution in [0, 0.1) is 0 Å². The number of carbonyl (C=O) groups excluding carboxylic acids is 2. The molecule has 0 aromatic heterocycles. The number of ether oxygens (including phenoxy) is 1. The highest BCUT2D eigenvalue weighted by molar-refractivity contribution is 5.87. The summed E-state index contributed by atoms with van der Waals surface area (Å²) in [6, 6.07) is 8.83. The first-order valence-corrected chi connectivity index (χ1v) is 7.26. The maximum atomic E-state index is 11.9. The van der Waals surface area contributed by atoms with Gasteiger partial charge in [0.1, 0.15) is 6.04 Å². The van der Waals surface area contributed by atoms with Crippen LogP contribution in [0.25, 0.3) is 0 Å². The second kappa shape index (κ2) is 9.13. The standard InChI is InChI=1S/C16H24N2O3/c1-3-14(16(20)21-2)18-15(19)13(17)11-7-10-12-8-5-4-6-9-12/h4-6,8-9,13-14H,3,7,10-11,17H2,1-2H3,(H,18,19)/t13-,14+/m1/s1. The lowest BCUT2D eigenvalue weighted by atomic mass is 10.0. The van der Waals surface area contributed by atoms with Crippen LogP contribution in [0.3, 0.4) is 0 Å². The average Bonchev–Trinajstić information content (AvgIpc) is 2.52. The van der Waals surface area contributed by atoms with Crippen LogP contribution in [0.5, 0.6) is 0 Å². The maximum Gasteiger partial charge on any atom is 0.328 e. The summed E-state index contributed by atoms with van der Waals surface area (Å²) in [5.41, 5.74) is 7.09. The molecule has 0 aliphatic heterocycles. The van der Waals surface area contributed by atoms with E-state index in [0.29, 0.717) is 12.8 Å². The molecule has 0 aliphatic carbocycles. The maximum absolute atomic E-state index is 11.9. The SMILES string of the molecule is CC[C@H](NC(=O)[C@H](N)CCCc1ccccc1)C(=O)OC. The molecule has 116 valence electrons. The van der Waals surface area contributed by atoms with Crippen molar-refractivity contribution in [1.29, 1.82) is 0 Å². The highest BCUT2D eigenvalue weighted by Crippen LogP contribution is 2.06. The summed E-state index contributed by atoms with van der Waals surface area (Å²) in [5.74, 6) is -0.748. The van der Waals surface area contributed by atoms with Gasteiger partial charge >= 0.3 is 5.97 Å². The Kier molecular flexibility index (Phi) is 7.46. The summed E-state index contributed by atoms with van der Waals surface area (Å²) in [5, 5.41) is 2.63. The fourth-order valence-electron chi connectivity index (χ4n) is 2.05. The summed E-state index contributed by atoms with van der Waals surface area (Å²) < 4.78 is 4.63. The number of carbonyl (C=O) groups is 2. The number of hydrogen-bond donors (Lipinski definition) is 2. The lowest BCUT2D eigenvalue weighted by Gasteiger charge is -2.17. The zero-order chi connectivity index (χ0) is 15.7. The molecule has 0 aliphatic rings. The van der Waals surface area contributed by atoms with Crippen molar-refractivity contribution in [3.63, 3.8) is 0 Å². The largest absolute Gasteiger partial charge is 0.467 e. The molecule has 0 bridgehead atoms. The minimum atomic E-state index is -0.623. The van der Waals surface area contributed by atoms with Gasteiger partial charge in [0, 0.05) is 0 Å². The first-order valence-electron chi connectivity index (χ1n) is 7.26. The summed E-state index contributed by atoms with van der Waals surface area (Å²) in [7, 11) is 1.30. The van der Waals surface area contributed by atoms with Gasteiger partial charge in [-0.05, 0) is 31.2 Å². The number of amides is 1. The third-order valence-electron chi connectivity index (χ3n) is 3.37. The molecule has 5 nitrogen and oxygen atoms in total. The zero-order valence-electron chi connectivity index (χ0n) is 12.7. The van der Waals surface area contributed by atoms with E-state index in [2.05, 4.69) is 22.2 Å². The van der Waals surface area contributed by atoms with Gasteiger partial charge in [-0.3, -0.25) is 4.79 Å². The number of methoxy groups -OCH3 is 1. The fraction of sp³-hybridized carbons (Fsp3) is 0.500. The molecule has 0 spiro atoms. The summed E-state index contributed by atoms with van der Waals surface area (Å²) >= 11 is 0. The van der Waals surface area contributed by atoms with E-state index in [-0.39, 0.29) is 5.91 Å². The molecule has 0 saturated carbocycles. The van der Waals surface area contributed by atoms with E-state index >= 15 is 0 Å². The topological polar surface area (TPSA) is 81.4 Å². The van der Waals surface area contributed by atoms with E-state index in [4.69, 9.17) is 5.73 Å². The van der Waals surface area contributed by atoms with Gasteiger partial charge in [-0.15, -0.1) is 0 Å². The van der Waals surface area contributed by atoms with Crippen molar-refractivity contribution in [2.75, 3.05) is 7.11 Å². The van der Waals surface area contributed by atoms with Crippen LogP contribution < -0.4 is 11.1 Å². The molecule has 0 heterocycles. The van der Waals surface area contributed by atoms with E-state index in [9.17, 15) is 9.59 Å². The molecule has 3 N–H and O–H groups in total. The Morgan fingerprint density at radius 1 is 1.29 bits per heavy atom. The first-order chi connectivity index (χ1) is 10.1. The van der Waals surface area contributed by atoms with E-state index in [1.807, 2.05) is 25.1 Å². The lowest BCUT2D eigenvalue weighted by molar-refractivity contribution is -0.145.